The molecular formula is C15H23ClN2S. The van der Waals surface area contributed by atoms with Gasteiger partial charge in [0.05, 0.1) is 4.34 Å². The maximum atomic E-state index is 6.09. The first-order valence-corrected chi connectivity index (χ1v) is 8.64. The van der Waals surface area contributed by atoms with Crippen LogP contribution in [0.3, 0.4) is 0 Å². The van der Waals surface area contributed by atoms with Crippen LogP contribution in [0.2, 0.25) is 4.34 Å². The number of nitrogens with one attached hydrogen (secondary N) is 1. The van der Waals surface area contributed by atoms with E-state index in [0.29, 0.717) is 12.1 Å². The Bertz CT molecular complexity index is 410. The van der Waals surface area contributed by atoms with Crippen molar-refractivity contribution in [1.29, 1.82) is 0 Å². The highest BCUT2D eigenvalue weighted by atomic mass is 35.5. The summed E-state index contributed by atoms with van der Waals surface area (Å²) in [6.45, 7) is 5.97. The van der Waals surface area contributed by atoms with E-state index >= 15 is 0 Å². The van der Waals surface area contributed by atoms with Crippen LogP contribution in [-0.4, -0.2) is 30.6 Å². The fourth-order valence-electron chi connectivity index (χ4n) is 2.95. The second kappa shape index (κ2) is 6.13. The van der Waals surface area contributed by atoms with E-state index in [2.05, 4.69) is 23.2 Å². The van der Waals surface area contributed by atoms with Crippen LogP contribution in [0.4, 0.5) is 0 Å². The standard InChI is InChI=1S/C15H23ClN2S/c1-11(14-6-7-15(16)19-14)18(9-12-4-5-12)10-13-3-2-8-17-13/h6-7,11-13,17H,2-5,8-10H2,1H3. The smallest absolute Gasteiger partial charge is 0.0931 e. The van der Waals surface area contributed by atoms with Gasteiger partial charge in [0.15, 0.2) is 0 Å². The average Bonchev–Trinajstić information content (AvgIpc) is 2.89. The van der Waals surface area contributed by atoms with Gasteiger partial charge in [0.25, 0.3) is 0 Å². The zero-order chi connectivity index (χ0) is 13.2. The van der Waals surface area contributed by atoms with Crippen molar-refractivity contribution in [1.82, 2.24) is 10.2 Å². The molecule has 19 heavy (non-hydrogen) atoms. The van der Waals surface area contributed by atoms with E-state index in [1.165, 1.54) is 50.2 Å². The van der Waals surface area contributed by atoms with Gasteiger partial charge in [0.2, 0.25) is 0 Å². The topological polar surface area (TPSA) is 15.3 Å². The zero-order valence-corrected chi connectivity index (χ0v) is 13.1. The highest BCUT2D eigenvalue weighted by Crippen LogP contribution is 2.35. The quantitative estimate of drug-likeness (QED) is 0.856. The van der Waals surface area contributed by atoms with Crippen molar-refractivity contribution in [3.8, 4) is 0 Å². The van der Waals surface area contributed by atoms with Crippen LogP contribution in [0.5, 0.6) is 0 Å². The fourth-order valence-corrected chi connectivity index (χ4v) is 4.10. The van der Waals surface area contributed by atoms with Gasteiger partial charge in [-0.1, -0.05) is 11.6 Å². The summed E-state index contributed by atoms with van der Waals surface area (Å²) in [7, 11) is 0. The van der Waals surface area contributed by atoms with Crippen molar-refractivity contribution in [2.45, 2.75) is 44.7 Å². The monoisotopic (exact) mass is 298 g/mol. The van der Waals surface area contributed by atoms with Crippen molar-refractivity contribution >= 4 is 22.9 Å². The molecule has 2 fully saturated rings. The van der Waals surface area contributed by atoms with E-state index in [4.69, 9.17) is 11.6 Å². The molecule has 2 aliphatic rings. The molecule has 1 saturated heterocycles. The van der Waals surface area contributed by atoms with Crippen LogP contribution in [-0.2, 0) is 0 Å². The minimum Gasteiger partial charge on any atom is -0.313 e. The second-order valence-electron chi connectivity index (χ2n) is 6.01. The fraction of sp³-hybridized carbons (Fsp3) is 0.733. The molecule has 2 atom stereocenters. The molecule has 1 N–H and O–H groups in total. The van der Waals surface area contributed by atoms with E-state index in [-0.39, 0.29) is 0 Å². The van der Waals surface area contributed by atoms with Gasteiger partial charge in [0, 0.05) is 30.1 Å². The van der Waals surface area contributed by atoms with Crippen molar-refractivity contribution < 1.29 is 0 Å². The van der Waals surface area contributed by atoms with Gasteiger partial charge in [-0.2, -0.15) is 0 Å². The number of hydrogen-bond acceptors (Lipinski definition) is 3. The van der Waals surface area contributed by atoms with Gasteiger partial charge in [0.1, 0.15) is 0 Å². The van der Waals surface area contributed by atoms with Crippen LogP contribution < -0.4 is 5.32 Å². The highest BCUT2D eigenvalue weighted by Gasteiger charge is 2.29. The molecule has 0 bridgehead atoms. The molecule has 0 spiro atoms. The van der Waals surface area contributed by atoms with Gasteiger partial charge in [-0.25, -0.2) is 0 Å². The largest absolute Gasteiger partial charge is 0.313 e. The Morgan fingerprint density at radius 1 is 1.37 bits per heavy atom. The predicted molar refractivity (Wildman–Crippen MR) is 83.1 cm³/mol. The SMILES string of the molecule is CC(c1ccc(Cl)s1)N(CC1CC1)CC1CCCN1. The lowest BCUT2D eigenvalue weighted by molar-refractivity contribution is 0.186. The van der Waals surface area contributed by atoms with Crippen LogP contribution in [0.1, 0.15) is 43.5 Å². The van der Waals surface area contributed by atoms with E-state index in [1.807, 2.05) is 6.07 Å². The maximum absolute atomic E-state index is 6.09. The molecule has 4 heteroatoms. The summed E-state index contributed by atoms with van der Waals surface area (Å²) in [5.41, 5.74) is 0. The first-order chi connectivity index (χ1) is 9.22. The maximum Gasteiger partial charge on any atom is 0.0931 e. The summed E-state index contributed by atoms with van der Waals surface area (Å²) >= 11 is 7.82. The lowest BCUT2D eigenvalue weighted by Crippen LogP contribution is -2.39. The minimum absolute atomic E-state index is 0.500. The van der Waals surface area contributed by atoms with Crippen molar-refractivity contribution in [2.75, 3.05) is 19.6 Å². The third kappa shape index (κ3) is 3.72. The summed E-state index contributed by atoms with van der Waals surface area (Å²) in [6, 6.07) is 5.41. The first kappa shape index (κ1) is 13.9. The van der Waals surface area contributed by atoms with Gasteiger partial charge in [-0.15, -0.1) is 11.3 Å². The number of halogens is 1. The average molecular weight is 299 g/mol. The molecule has 1 aromatic rings. The van der Waals surface area contributed by atoms with Crippen molar-refractivity contribution in [2.24, 2.45) is 5.92 Å². The van der Waals surface area contributed by atoms with E-state index < -0.39 is 0 Å². The summed E-state index contributed by atoms with van der Waals surface area (Å²) in [4.78, 5) is 4.08. The Kier molecular flexibility index (Phi) is 4.47. The zero-order valence-electron chi connectivity index (χ0n) is 11.6. The van der Waals surface area contributed by atoms with Gasteiger partial charge >= 0.3 is 0 Å². The molecule has 2 heterocycles. The van der Waals surface area contributed by atoms with Crippen LogP contribution in [0, 0.1) is 5.92 Å². The van der Waals surface area contributed by atoms with E-state index in [0.717, 1.165) is 10.3 Å². The Morgan fingerprint density at radius 2 is 2.21 bits per heavy atom. The predicted octanol–water partition coefficient (Wildman–Crippen LogP) is 3.93. The molecule has 1 aliphatic carbocycles. The van der Waals surface area contributed by atoms with Crippen LogP contribution in [0.25, 0.3) is 0 Å². The van der Waals surface area contributed by atoms with E-state index in [9.17, 15) is 0 Å². The molecule has 0 radical (unpaired) electrons. The minimum atomic E-state index is 0.500. The van der Waals surface area contributed by atoms with Gasteiger partial charge < -0.3 is 5.32 Å². The second-order valence-corrected chi connectivity index (χ2v) is 7.76. The molecule has 1 aliphatic heterocycles. The molecule has 0 aromatic carbocycles. The Morgan fingerprint density at radius 3 is 2.79 bits per heavy atom. The lowest BCUT2D eigenvalue weighted by Gasteiger charge is -2.31. The summed E-state index contributed by atoms with van der Waals surface area (Å²) < 4.78 is 0.909. The van der Waals surface area contributed by atoms with Crippen LogP contribution in [0.15, 0.2) is 12.1 Å². The van der Waals surface area contributed by atoms with E-state index in [1.54, 1.807) is 11.3 Å². The molecule has 2 unspecified atom stereocenters. The van der Waals surface area contributed by atoms with Gasteiger partial charge in [-0.05, 0) is 57.2 Å². The Labute approximate surface area is 125 Å². The Hall–Kier alpha value is -0.0900. The third-order valence-electron chi connectivity index (χ3n) is 4.36. The lowest BCUT2D eigenvalue weighted by atomic mass is 10.1. The Balaban J connectivity index is 1.65. The normalized spacial score (nSPS) is 25.1. The molecule has 1 aromatic heterocycles. The molecule has 0 amide bonds. The van der Waals surface area contributed by atoms with Gasteiger partial charge in [-0.3, -0.25) is 4.90 Å². The number of nitrogens with zero attached hydrogens (tertiary/aromatic N) is 1. The number of rotatable bonds is 6. The summed E-state index contributed by atoms with van der Waals surface area (Å²) in [6.07, 6.45) is 5.51. The summed E-state index contributed by atoms with van der Waals surface area (Å²) in [5.74, 6) is 0.944. The summed E-state index contributed by atoms with van der Waals surface area (Å²) in [5, 5.41) is 3.63. The molecule has 3 rings (SSSR count). The van der Waals surface area contributed by atoms with Crippen LogP contribution >= 0.6 is 22.9 Å². The number of thiophene rings is 1. The molecular weight excluding hydrogens is 276 g/mol. The number of hydrogen-bond donors (Lipinski definition) is 1. The molecule has 2 nitrogen and oxygen atoms in total. The van der Waals surface area contributed by atoms with Crippen molar-refractivity contribution in [3.05, 3.63) is 21.3 Å². The highest BCUT2D eigenvalue weighted by molar-refractivity contribution is 7.16. The third-order valence-corrected chi connectivity index (χ3v) is 5.76. The van der Waals surface area contributed by atoms with Crippen molar-refractivity contribution in [3.63, 3.8) is 0 Å². The first-order valence-electron chi connectivity index (χ1n) is 7.45. The molecule has 106 valence electrons. The molecule has 1 saturated carbocycles.